The molecule has 30 heavy (non-hydrogen) atoms. The number of rotatable bonds is 5. The number of aromatic nitrogens is 3. The third-order valence-electron chi connectivity index (χ3n) is 5.82. The lowest BCUT2D eigenvalue weighted by Gasteiger charge is -2.26. The molecule has 0 saturated carbocycles. The van der Waals surface area contributed by atoms with Gasteiger partial charge < -0.3 is 14.9 Å². The molecule has 2 aromatic heterocycles. The summed E-state index contributed by atoms with van der Waals surface area (Å²) in [4.78, 5) is 23.6. The van der Waals surface area contributed by atoms with Gasteiger partial charge in [0, 0.05) is 60.9 Å². The minimum absolute atomic E-state index is 0.0669. The van der Waals surface area contributed by atoms with Crippen molar-refractivity contribution >= 4 is 39.6 Å². The Morgan fingerprint density at radius 2 is 2.00 bits per heavy atom. The van der Waals surface area contributed by atoms with Gasteiger partial charge in [0.15, 0.2) is 0 Å². The van der Waals surface area contributed by atoms with Gasteiger partial charge >= 0.3 is 0 Å². The average molecular weight is 420 g/mol. The number of nitrogens with one attached hydrogen (secondary N) is 2. The number of carbonyl (C=O) groups excluding carboxylic acids is 1. The zero-order valence-corrected chi connectivity index (χ0v) is 17.8. The lowest BCUT2D eigenvalue weighted by Crippen LogP contribution is -2.32. The van der Waals surface area contributed by atoms with E-state index in [0.29, 0.717) is 12.1 Å². The largest absolute Gasteiger partial charge is 0.361 e. The second-order valence-electron chi connectivity index (χ2n) is 7.69. The molecule has 6 nitrogen and oxygen atoms in total. The number of fused-ring (bicyclic) bond motifs is 2. The van der Waals surface area contributed by atoms with Crippen LogP contribution in [0.5, 0.6) is 0 Å². The Morgan fingerprint density at radius 1 is 1.17 bits per heavy atom. The number of carbonyl (C=O) groups is 1. The van der Waals surface area contributed by atoms with Gasteiger partial charge in [0.05, 0.1) is 17.6 Å². The van der Waals surface area contributed by atoms with Crippen LogP contribution < -0.4 is 5.32 Å². The Labute approximate surface area is 179 Å². The molecule has 0 unspecified atom stereocenters. The van der Waals surface area contributed by atoms with E-state index in [2.05, 4.69) is 26.4 Å². The molecule has 1 saturated heterocycles. The van der Waals surface area contributed by atoms with Gasteiger partial charge in [0.2, 0.25) is 0 Å². The van der Waals surface area contributed by atoms with Crippen LogP contribution in [0, 0.1) is 0 Å². The first-order chi connectivity index (χ1) is 14.7. The van der Waals surface area contributed by atoms with Gasteiger partial charge in [-0.25, -0.2) is 4.98 Å². The zero-order valence-electron chi connectivity index (χ0n) is 17.0. The number of aromatic amines is 1. The van der Waals surface area contributed by atoms with Crippen LogP contribution in [0.2, 0.25) is 0 Å². The number of amides is 1. The van der Waals surface area contributed by atoms with Crippen molar-refractivity contribution < 1.29 is 4.79 Å². The molecule has 2 aromatic carbocycles. The molecule has 5 rings (SSSR count). The molecule has 0 spiro atoms. The van der Waals surface area contributed by atoms with Crippen LogP contribution in [0.25, 0.3) is 21.9 Å². The molecule has 3 heterocycles. The highest BCUT2D eigenvalue weighted by molar-refractivity contribution is 7.99. The lowest BCUT2D eigenvalue weighted by atomic mass is 10.0. The van der Waals surface area contributed by atoms with Gasteiger partial charge in [0.1, 0.15) is 5.82 Å². The zero-order chi connectivity index (χ0) is 20.5. The molecule has 0 radical (unpaired) electrons. The molecule has 1 amide bonds. The summed E-state index contributed by atoms with van der Waals surface area (Å²) in [6.07, 6.45) is 2.05. The van der Waals surface area contributed by atoms with Crippen molar-refractivity contribution in [2.24, 2.45) is 7.05 Å². The van der Waals surface area contributed by atoms with Crippen LogP contribution in [0.15, 0.2) is 48.7 Å². The average Bonchev–Trinajstić information content (AvgIpc) is 3.34. The van der Waals surface area contributed by atoms with Crippen LogP contribution in [-0.2, 0) is 20.1 Å². The molecule has 0 aliphatic carbocycles. The number of benzene rings is 2. The number of hydrogen-bond donors (Lipinski definition) is 2. The summed E-state index contributed by atoms with van der Waals surface area (Å²) in [5, 5.41) is 4.10. The van der Waals surface area contributed by atoms with Crippen LogP contribution in [0.4, 0.5) is 0 Å². The number of hydrogen-bond acceptors (Lipinski definition) is 4. The SMILES string of the molecule is Cn1c(CNC(=O)c2cccc3[nH]cc(CN4CCSCC4)c23)nc2ccccc21. The summed E-state index contributed by atoms with van der Waals surface area (Å²) in [7, 11) is 1.98. The second-order valence-corrected chi connectivity index (χ2v) is 8.91. The van der Waals surface area contributed by atoms with E-state index in [1.165, 1.54) is 17.1 Å². The van der Waals surface area contributed by atoms with Crippen molar-refractivity contribution in [2.75, 3.05) is 24.6 Å². The Morgan fingerprint density at radius 3 is 2.83 bits per heavy atom. The van der Waals surface area contributed by atoms with Crippen LogP contribution in [-0.4, -0.2) is 49.9 Å². The Hall–Kier alpha value is -2.77. The summed E-state index contributed by atoms with van der Waals surface area (Å²) in [5.41, 5.74) is 4.92. The van der Waals surface area contributed by atoms with Crippen LogP contribution in [0.1, 0.15) is 21.7 Å². The van der Waals surface area contributed by atoms with Gasteiger partial charge in [0.25, 0.3) is 5.91 Å². The quantitative estimate of drug-likeness (QED) is 0.519. The molecule has 1 fully saturated rings. The number of H-pyrrole nitrogens is 1. The third kappa shape index (κ3) is 3.59. The summed E-state index contributed by atoms with van der Waals surface area (Å²) in [5.74, 6) is 3.13. The van der Waals surface area contributed by atoms with Gasteiger partial charge in [-0.2, -0.15) is 11.8 Å². The normalized spacial score (nSPS) is 15.1. The monoisotopic (exact) mass is 419 g/mol. The molecule has 1 aliphatic rings. The van der Waals surface area contributed by atoms with E-state index >= 15 is 0 Å². The predicted octanol–water partition coefficient (Wildman–Crippen LogP) is 3.53. The third-order valence-corrected chi connectivity index (χ3v) is 6.76. The molecule has 2 N–H and O–H groups in total. The minimum Gasteiger partial charge on any atom is -0.361 e. The second kappa shape index (κ2) is 8.16. The number of aryl methyl sites for hydroxylation is 1. The van der Waals surface area contributed by atoms with Gasteiger partial charge in [-0.1, -0.05) is 18.2 Å². The van der Waals surface area contributed by atoms with Crippen LogP contribution >= 0.6 is 11.8 Å². The number of nitrogens with zero attached hydrogens (tertiary/aromatic N) is 3. The Balaban J connectivity index is 1.38. The fourth-order valence-corrected chi connectivity index (χ4v) is 5.16. The van der Waals surface area contributed by atoms with Crippen molar-refractivity contribution in [3.8, 4) is 0 Å². The topological polar surface area (TPSA) is 66.0 Å². The molecular formula is C23H25N5OS. The maximum Gasteiger partial charge on any atom is 0.252 e. The number of imidazole rings is 1. The van der Waals surface area contributed by atoms with E-state index in [1.54, 1.807) is 0 Å². The molecule has 7 heteroatoms. The molecule has 0 atom stereocenters. The fourth-order valence-electron chi connectivity index (χ4n) is 4.18. The number of para-hydroxylation sites is 2. The van der Waals surface area contributed by atoms with Crippen LogP contribution in [0.3, 0.4) is 0 Å². The minimum atomic E-state index is -0.0669. The van der Waals surface area contributed by atoms with E-state index in [9.17, 15) is 4.79 Å². The smallest absolute Gasteiger partial charge is 0.252 e. The predicted molar refractivity (Wildman–Crippen MR) is 123 cm³/mol. The van der Waals surface area contributed by atoms with E-state index in [4.69, 9.17) is 0 Å². The highest BCUT2D eigenvalue weighted by Gasteiger charge is 2.18. The van der Waals surface area contributed by atoms with Crippen molar-refractivity contribution in [3.05, 3.63) is 65.6 Å². The Kier molecular flexibility index (Phi) is 5.23. The summed E-state index contributed by atoms with van der Waals surface area (Å²) >= 11 is 2.01. The molecule has 4 aromatic rings. The standard InChI is InChI=1S/C23H25N5OS/c1-27-20-8-3-2-6-18(20)26-21(27)14-25-23(29)17-5-4-7-19-22(17)16(13-24-19)15-28-9-11-30-12-10-28/h2-8,13,24H,9-12,14-15H2,1H3,(H,25,29). The molecule has 1 aliphatic heterocycles. The first-order valence-corrected chi connectivity index (χ1v) is 11.4. The maximum atomic E-state index is 13.1. The number of thioether (sulfide) groups is 1. The van der Waals surface area contributed by atoms with E-state index < -0.39 is 0 Å². The molecule has 154 valence electrons. The highest BCUT2D eigenvalue weighted by atomic mass is 32.2. The van der Waals surface area contributed by atoms with E-state index in [-0.39, 0.29) is 5.91 Å². The molecule has 0 bridgehead atoms. The summed E-state index contributed by atoms with van der Waals surface area (Å²) in [6, 6.07) is 13.9. The van der Waals surface area contributed by atoms with Crippen molar-refractivity contribution in [1.82, 2.24) is 24.8 Å². The fraction of sp³-hybridized carbons (Fsp3) is 0.304. The van der Waals surface area contributed by atoms with Gasteiger partial charge in [-0.15, -0.1) is 0 Å². The lowest BCUT2D eigenvalue weighted by molar-refractivity contribution is 0.0951. The summed E-state index contributed by atoms with van der Waals surface area (Å²) < 4.78 is 2.03. The molecular weight excluding hydrogens is 394 g/mol. The highest BCUT2D eigenvalue weighted by Crippen LogP contribution is 2.25. The summed E-state index contributed by atoms with van der Waals surface area (Å²) in [6.45, 7) is 3.45. The maximum absolute atomic E-state index is 13.1. The van der Waals surface area contributed by atoms with E-state index in [0.717, 1.165) is 47.4 Å². The van der Waals surface area contributed by atoms with Gasteiger partial charge in [-0.3, -0.25) is 9.69 Å². The van der Waals surface area contributed by atoms with Crippen molar-refractivity contribution in [1.29, 1.82) is 0 Å². The first kappa shape index (κ1) is 19.2. The Bertz CT molecular complexity index is 1200. The van der Waals surface area contributed by atoms with Gasteiger partial charge in [-0.05, 0) is 29.8 Å². The van der Waals surface area contributed by atoms with E-state index in [1.807, 2.05) is 65.8 Å². The van der Waals surface area contributed by atoms with Crippen molar-refractivity contribution in [3.63, 3.8) is 0 Å². The first-order valence-electron chi connectivity index (χ1n) is 10.3. The van der Waals surface area contributed by atoms with Crippen molar-refractivity contribution in [2.45, 2.75) is 13.1 Å².